The first-order chi connectivity index (χ1) is 8.31. The highest BCUT2D eigenvalue weighted by Crippen LogP contribution is 2.36. The Kier molecular flexibility index (Phi) is 4.15. The second-order valence-electron chi connectivity index (χ2n) is 3.59. The summed E-state index contributed by atoms with van der Waals surface area (Å²) in [6, 6.07) is 2.21. The van der Waals surface area contributed by atoms with Gasteiger partial charge in [0.2, 0.25) is 0 Å². The first kappa shape index (κ1) is 12.6. The Labute approximate surface area is 112 Å². The number of carbonyl (C=O) groups excluding carboxylic acids is 1. The SMILES string of the molecule is N#Cc1c(N2CCOCC2)sc(C=O)c1CBr. The quantitative estimate of drug-likeness (QED) is 0.634. The summed E-state index contributed by atoms with van der Waals surface area (Å²) in [6.07, 6.45) is 0.825. The number of halogens is 1. The zero-order valence-corrected chi connectivity index (χ0v) is 11.5. The molecule has 0 amide bonds. The third-order valence-corrected chi connectivity index (χ3v) is 4.45. The Morgan fingerprint density at radius 3 is 2.76 bits per heavy atom. The molecule has 1 aromatic rings. The molecule has 2 heterocycles. The van der Waals surface area contributed by atoms with Crippen molar-refractivity contribution >= 4 is 38.6 Å². The lowest BCUT2D eigenvalue weighted by molar-refractivity contribution is 0.112. The van der Waals surface area contributed by atoms with Crippen LogP contribution in [-0.4, -0.2) is 32.6 Å². The van der Waals surface area contributed by atoms with Gasteiger partial charge in [0.05, 0.1) is 23.7 Å². The second kappa shape index (κ2) is 5.63. The summed E-state index contributed by atoms with van der Waals surface area (Å²) >= 11 is 4.72. The van der Waals surface area contributed by atoms with Gasteiger partial charge in [-0.3, -0.25) is 4.79 Å². The van der Waals surface area contributed by atoms with E-state index in [0.29, 0.717) is 29.0 Å². The molecule has 2 rings (SSSR count). The van der Waals surface area contributed by atoms with E-state index < -0.39 is 0 Å². The van der Waals surface area contributed by atoms with Gasteiger partial charge in [0.15, 0.2) is 6.29 Å². The van der Waals surface area contributed by atoms with E-state index >= 15 is 0 Å². The van der Waals surface area contributed by atoms with Crippen LogP contribution in [0.2, 0.25) is 0 Å². The number of ether oxygens (including phenoxy) is 1. The maximum absolute atomic E-state index is 11.0. The van der Waals surface area contributed by atoms with Crippen molar-refractivity contribution in [2.24, 2.45) is 0 Å². The molecular formula is C11H11BrN2O2S. The molecule has 17 heavy (non-hydrogen) atoms. The largest absolute Gasteiger partial charge is 0.378 e. The van der Waals surface area contributed by atoms with Crippen molar-refractivity contribution in [3.8, 4) is 6.07 Å². The van der Waals surface area contributed by atoms with Gasteiger partial charge in [-0.2, -0.15) is 5.26 Å². The zero-order chi connectivity index (χ0) is 12.3. The lowest BCUT2D eigenvalue weighted by Crippen LogP contribution is -2.36. The first-order valence-corrected chi connectivity index (χ1v) is 7.15. The summed E-state index contributed by atoms with van der Waals surface area (Å²) in [4.78, 5) is 13.7. The summed E-state index contributed by atoms with van der Waals surface area (Å²) in [5, 5.41) is 10.7. The number of carbonyl (C=O) groups is 1. The van der Waals surface area contributed by atoms with Gasteiger partial charge in [0.1, 0.15) is 11.1 Å². The number of nitrogens with zero attached hydrogens (tertiary/aromatic N) is 2. The molecule has 1 aromatic heterocycles. The van der Waals surface area contributed by atoms with Gasteiger partial charge in [-0.25, -0.2) is 0 Å². The Hall–Kier alpha value is -0.900. The molecule has 0 atom stereocenters. The minimum atomic E-state index is 0.533. The number of hydrogen-bond acceptors (Lipinski definition) is 5. The molecule has 0 aromatic carbocycles. The highest BCUT2D eigenvalue weighted by Gasteiger charge is 2.22. The molecule has 6 heteroatoms. The number of morpholine rings is 1. The molecule has 0 aliphatic carbocycles. The Balaban J connectivity index is 2.42. The fourth-order valence-corrected chi connectivity index (χ4v) is 3.71. The van der Waals surface area contributed by atoms with Gasteiger partial charge in [-0.05, 0) is 0 Å². The predicted octanol–water partition coefficient (Wildman–Crippen LogP) is 2.16. The Morgan fingerprint density at radius 2 is 2.24 bits per heavy atom. The zero-order valence-electron chi connectivity index (χ0n) is 9.11. The van der Waals surface area contributed by atoms with Crippen molar-refractivity contribution < 1.29 is 9.53 Å². The fraction of sp³-hybridized carbons (Fsp3) is 0.455. The molecule has 90 valence electrons. The summed E-state index contributed by atoms with van der Waals surface area (Å²) in [6.45, 7) is 2.89. The van der Waals surface area contributed by atoms with E-state index in [1.807, 2.05) is 0 Å². The molecule has 1 aliphatic rings. The van der Waals surface area contributed by atoms with Gasteiger partial charge < -0.3 is 9.64 Å². The topological polar surface area (TPSA) is 53.3 Å². The average molecular weight is 315 g/mol. The highest BCUT2D eigenvalue weighted by atomic mass is 79.9. The van der Waals surface area contributed by atoms with Crippen LogP contribution in [0.1, 0.15) is 20.8 Å². The van der Waals surface area contributed by atoms with Crippen LogP contribution >= 0.6 is 27.3 Å². The second-order valence-corrected chi connectivity index (χ2v) is 5.18. The number of rotatable bonds is 3. The van der Waals surface area contributed by atoms with Crippen molar-refractivity contribution in [2.75, 3.05) is 31.2 Å². The van der Waals surface area contributed by atoms with Gasteiger partial charge in [-0.15, -0.1) is 11.3 Å². The Bertz CT molecular complexity index is 461. The summed E-state index contributed by atoms with van der Waals surface area (Å²) in [7, 11) is 0. The molecule has 0 N–H and O–H groups in total. The molecule has 1 fully saturated rings. The van der Waals surface area contributed by atoms with Crippen LogP contribution in [0.3, 0.4) is 0 Å². The summed E-state index contributed by atoms with van der Waals surface area (Å²) in [5.74, 6) is 0. The van der Waals surface area contributed by atoms with E-state index in [-0.39, 0.29) is 0 Å². The van der Waals surface area contributed by atoms with Crippen LogP contribution in [0.5, 0.6) is 0 Å². The molecule has 1 saturated heterocycles. The number of alkyl halides is 1. The monoisotopic (exact) mass is 314 g/mol. The molecule has 0 bridgehead atoms. The molecule has 0 radical (unpaired) electrons. The van der Waals surface area contributed by atoms with Crippen molar-refractivity contribution in [1.29, 1.82) is 5.26 Å². The van der Waals surface area contributed by atoms with Gasteiger partial charge in [0, 0.05) is 24.0 Å². The van der Waals surface area contributed by atoms with Crippen molar-refractivity contribution in [2.45, 2.75) is 5.33 Å². The van der Waals surface area contributed by atoms with Gasteiger partial charge in [-0.1, -0.05) is 15.9 Å². The predicted molar refractivity (Wildman–Crippen MR) is 70.1 cm³/mol. The maximum Gasteiger partial charge on any atom is 0.160 e. The minimum absolute atomic E-state index is 0.533. The number of hydrogen-bond donors (Lipinski definition) is 0. The fourth-order valence-electron chi connectivity index (χ4n) is 1.80. The molecule has 0 saturated carbocycles. The highest BCUT2D eigenvalue weighted by molar-refractivity contribution is 9.08. The van der Waals surface area contributed by atoms with Crippen molar-refractivity contribution in [3.05, 3.63) is 16.0 Å². The van der Waals surface area contributed by atoms with Crippen molar-refractivity contribution in [1.82, 2.24) is 0 Å². The number of anilines is 1. The summed E-state index contributed by atoms with van der Waals surface area (Å²) < 4.78 is 5.29. The molecule has 4 nitrogen and oxygen atoms in total. The van der Waals surface area contributed by atoms with Crippen LogP contribution in [-0.2, 0) is 10.1 Å². The van der Waals surface area contributed by atoms with Crippen LogP contribution in [0.25, 0.3) is 0 Å². The van der Waals surface area contributed by atoms with Crippen LogP contribution in [0.15, 0.2) is 0 Å². The lowest BCUT2D eigenvalue weighted by Gasteiger charge is -2.27. The third kappa shape index (κ3) is 2.37. The lowest BCUT2D eigenvalue weighted by atomic mass is 10.1. The van der Waals surface area contributed by atoms with Crippen molar-refractivity contribution in [3.63, 3.8) is 0 Å². The Morgan fingerprint density at radius 1 is 1.53 bits per heavy atom. The maximum atomic E-state index is 11.0. The van der Waals surface area contributed by atoms with E-state index in [0.717, 1.165) is 29.9 Å². The van der Waals surface area contributed by atoms with Crippen LogP contribution in [0.4, 0.5) is 5.00 Å². The van der Waals surface area contributed by atoms with Gasteiger partial charge in [0.25, 0.3) is 0 Å². The molecular weight excluding hydrogens is 304 g/mol. The van der Waals surface area contributed by atoms with Gasteiger partial charge >= 0.3 is 0 Å². The van der Waals surface area contributed by atoms with E-state index in [1.54, 1.807) is 0 Å². The van der Waals surface area contributed by atoms with E-state index in [1.165, 1.54) is 11.3 Å². The minimum Gasteiger partial charge on any atom is -0.378 e. The summed E-state index contributed by atoms with van der Waals surface area (Å²) in [5.41, 5.74) is 1.42. The smallest absolute Gasteiger partial charge is 0.160 e. The average Bonchev–Trinajstić information content (AvgIpc) is 2.77. The van der Waals surface area contributed by atoms with E-state index in [4.69, 9.17) is 4.74 Å². The van der Waals surface area contributed by atoms with E-state index in [2.05, 4.69) is 26.9 Å². The normalized spacial score (nSPS) is 15.6. The van der Waals surface area contributed by atoms with Crippen LogP contribution in [0, 0.1) is 11.3 Å². The molecule has 0 spiro atoms. The number of thiophene rings is 1. The first-order valence-electron chi connectivity index (χ1n) is 5.21. The molecule has 0 unspecified atom stereocenters. The third-order valence-electron chi connectivity index (χ3n) is 2.67. The number of nitriles is 1. The molecule has 1 aliphatic heterocycles. The number of aldehydes is 1. The standard InChI is InChI=1S/C11H11BrN2O2S/c12-5-8-9(6-13)11(17-10(8)7-15)14-1-3-16-4-2-14/h7H,1-5H2. The van der Waals surface area contributed by atoms with Crippen LogP contribution < -0.4 is 4.90 Å². The van der Waals surface area contributed by atoms with E-state index in [9.17, 15) is 10.1 Å².